The van der Waals surface area contributed by atoms with Crippen LogP contribution in [0.15, 0.2) is 40.9 Å². The van der Waals surface area contributed by atoms with Crippen LogP contribution in [-0.4, -0.2) is 54.9 Å². The third kappa shape index (κ3) is 9.13. The Morgan fingerprint density at radius 1 is 1.07 bits per heavy atom. The molecule has 1 fully saturated rings. The SMILES string of the molecule is COc1cc(OC)c([C@@H]2CCCC[C@H]2OC(=O)[C@H](C)NC(=O)OC(C)(C)C)c(O)c1C(=O)C=Cc1cccc(Br)c1.Cl. The lowest BCUT2D eigenvalue weighted by atomic mass is 9.79. The Bertz CT molecular complexity index is 1310. The summed E-state index contributed by atoms with van der Waals surface area (Å²) in [4.78, 5) is 38.5. The monoisotopic (exact) mass is 667 g/mol. The Kier molecular flexibility index (Phi) is 12.7. The second-order valence-corrected chi connectivity index (χ2v) is 11.8. The summed E-state index contributed by atoms with van der Waals surface area (Å²) in [5.74, 6) is -1.34. The van der Waals surface area contributed by atoms with Crippen molar-refractivity contribution in [2.24, 2.45) is 0 Å². The predicted molar refractivity (Wildman–Crippen MR) is 166 cm³/mol. The van der Waals surface area contributed by atoms with Crippen LogP contribution < -0.4 is 14.8 Å². The molecule has 42 heavy (non-hydrogen) atoms. The van der Waals surface area contributed by atoms with Crippen LogP contribution in [-0.2, 0) is 14.3 Å². The number of ketones is 1. The lowest BCUT2D eigenvalue weighted by molar-refractivity contribution is -0.153. The normalized spacial score (nSPS) is 17.5. The number of hydrogen-bond donors (Lipinski definition) is 2. The highest BCUT2D eigenvalue weighted by Gasteiger charge is 2.37. The fourth-order valence-corrected chi connectivity index (χ4v) is 5.21. The largest absolute Gasteiger partial charge is 0.507 e. The fraction of sp³-hybridized carbons (Fsp3) is 0.452. The van der Waals surface area contributed by atoms with Gasteiger partial charge >= 0.3 is 12.1 Å². The summed E-state index contributed by atoms with van der Waals surface area (Å²) in [5.41, 5.74) is 0.448. The number of methoxy groups -OCH3 is 2. The topological polar surface area (TPSA) is 120 Å². The molecule has 11 heteroatoms. The van der Waals surface area contributed by atoms with Gasteiger partial charge in [-0.2, -0.15) is 0 Å². The fourth-order valence-electron chi connectivity index (χ4n) is 4.79. The summed E-state index contributed by atoms with van der Waals surface area (Å²) in [6.45, 7) is 6.70. The van der Waals surface area contributed by atoms with Crippen molar-refractivity contribution in [2.75, 3.05) is 14.2 Å². The zero-order chi connectivity index (χ0) is 30.3. The molecule has 1 amide bonds. The van der Waals surface area contributed by atoms with E-state index >= 15 is 0 Å². The molecular formula is C31H39BrClNO8. The van der Waals surface area contributed by atoms with E-state index in [4.69, 9.17) is 18.9 Å². The second kappa shape index (κ2) is 15.3. The number of alkyl carbamates (subject to hydrolysis) is 1. The Morgan fingerprint density at radius 2 is 1.74 bits per heavy atom. The number of amides is 1. The van der Waals surface area contributed by atoms with Crippen molar-refractivity contribution < 1.29 is 38.4 Å². The third-order valence-corrected chi connectivity index (χ3v) is 7.15. The number of esters is 1. The highest BCUT2D eigenvalue weighted by atomic mass is 79.9. The number of carbonyl (C=O) groups excluding carboxylic acids is 3. The van der Waals surface area contributed by atoms with Crippen molar-refractivity contribution in [3.05, 3.63) is 57.6 Å². The van der Waals surface area contributed by atoms with E-state index in [9.17, 15) is 19.5 Å². The minimum atomic E-state index is -0.959. The zero-order valence-corrected chi connectivity index (χ0v) is 27.1. The number of rotatable bonds is 9. The summed E-state index contributed by atoms with van der Waals surface area (Å²) in [6.07, 6.45) is 4.44. The first-order valence-electron chi connectivity index (χ1n) is 13.5. The van der Waals surface area contributed by atoms with E-state index in [0.29, 0.717) is 24.2 Å². The molecule has 0 heterocycles. The van der Waals surface area contributed by atoms with Crippen molar-refractivity contribution in [3.63, 3.8) is 0 Å². The molecule has 0 aromatic heterocycles. The smallest absolute Gasteiger partial charge is 0.408 e. The zero-order valence-electron chi connectivity index (χ0n) is 24.7. The maximum absolute atomic E-state index is 13.4. The summed E-state index contributed by atoms with van der Waals surface area (Å²) in [7, 11) is 2.87. The van der Waals surface area contributed by atoms with Gasteiger partial charge in [0.05, 0.1) is 14.2 Å². The van der Waals surface area contributed by atoms with Gasteiger partial charge in [0, 0.05) is 22.0 Å². The van der Waals surface area contributed by atoms with Gasteiger partial charge in [0.1, 0.15) is 40.6 Å². The van der Waals surface area contributed by atoms with E-state index in [2.05, 4.69) is 21.2 Å². The highest BCUT2D eigenvalue weighted by molar-refractivity contribution is 9.10. The molecule has 0 aliphatic heterocycles. The van der Waals surface area contributed by atoms with Crippen molar-refractivity contribution in [1.82, 2.24) is 5.32 Å². The van der Waals surface area contributed by atoms with Gasteiger partial charge in [-0.1, -0.05) is 40.6 Å². The molecule has 3 rings (SSSR count). The van der Waals surface area contributed by atoms with E-state index in [0.717, 1.165) is 22.9 Å². The minimum absolute atomic E-state index is 0. The number of hydrogen-bond acceptors (Lipinski definition) is 8. The summed E-state index contributed by atoms with van der Waals surface area (Å²) in [5, 5.41) is 14.0. The number of aromatic hydroxyl groups is 1. The van der Waals surface area contributed by atoms with Crippen LogP contribution in [0.4, 0.5) is 4.79 Å². The maximum atomic E-state index is 13.4. The Labute approximate surface area is 261 Å². The lowest BCUT2D eigenvalue weighted by Gasteiger charge is -2.34. The van der Waals surface area contributed by atoms with Crippen molar-refractivity contribution >= 4 is 52.3 Å². The average Bonchev–Trinajstić information content (AvgIpc) is 2.90. The summed E-state index contributed by atoms with van der Waals surface area (Å²) >= 11 is 3.42. The molecule has 2 aromatic carbocycles. The first kappa shape index (κ1) is 35.0. The number of allylic oxidation sites excluding steroid dienone is 1. The number of phenolic OH excluding ortho intramolecular Hbond substituents is 1. The van der Waals surface area contributed by atoms with Gasteiger partial charge < -0.3 is 29.4 Å². The number of benzene rings is 2. The minimum Gasteiger partial charge on any atom is -0.507 e. The maximum Gasteiger partial charge on any atom is 0.408 e. The van der Waals surface area contributed by atoms with Gasteiger partial charge in [-0.15, -0.1) is 12.4 Å². The molecule has 2 aromatic rings. The van der Waals surface area contributed by atoms with Crippen LogP contribution >= 0.6 is 28.3 Å². The highest BCUT2D eigenvalue weighted by Crippen LogP contribution is 2.48. The van der Waals surface area contributed by atoms with Crippen LogP contribution in [0.3, 0.4) is 0 Å². The standard InChI is InChI=1S/C31H38BrNO8.ClH/c1-18(33-30(37)41-31(2,3)4)29(36)40-23-13-8-7-12-21(23)26-24(38-5)17-25(39-6)27(28(26)35)22(34)15-14-19-10-9-11-20(32)16-19;/h9-11,14-18,21,23,35H,7-8,12-13H2,1-6H3,(H,33,37);1H/t18-,21+,23+;/m0./s1. The molecule has 1 aliphatic carbocycles. The molecule has 1 aliphatic rings. The van der Waals surface area contributed by atoms with E-state index in [1.165, 1.54) is 27.2 Å². The molecule has 2 N–H and O–H groups in total. The molecule has 0 saturated heterocycles. The molecule has 0 radical (unpaired) electrons. The van der Waals surface area contributed by atoms with Gasteiger partial charge in [0.2, 0.25) is 0 Å². The van der Waals surface area contributed by atoms with Gasteiger partial charge in [-0.05, 0) is 70.7 Å². The number of nitrogens with one attached hydrogen (secondary N) is 1. The predicted octanol–water partition coefficient (Wildman–Crippen LogP) is 6.97. The molecule has 1 saturated carbocycles. The van der Waals surface area contributed by atoms with Crippen molar-refractivity contribution in [2.45, 2.75) is 77.0 Å². The number of phenols is 1. The molecule has 0 bridgehead atoms. The van der Waals surface area contributed by atoms with Crippen LogP contribution in [0.2, 0.25) is 0 Å². The number of halogens is 2. The first-order valence-corrected chi connectivity index (χ1v) is 14.3. The number of ether oxygens (including phenoxy) is 4. The Morgan fingerprint density at radius 3 is 2.36 bits per heavy atom. The van der Waals surface area contributed by atoms with Gasteiger partial charge in [-0.3, -0.25) is 4.79 Å². The van der Waals surface area contributed by atoms with Crippen LogP contribution in [0.5, 0.6) is 17.2 Å². The van der Waals surface area contributed by atoms with Gasteiger partial charge in [0.25, 0.3) is 0 Å². The van der Waals surface area contributed by atoms with Crippen LogP contribution in [0.25, 0.3) is 6.08 Å². The van der Waals surface area contributed by atoms with Crippen LogP contribution in [0.1, 0.15) is 80.8 Å². The van der Waals surface area contributed by atoms with Gasteiger partial charge in [0.15, 0.2) is 5.78 Å². The Hall–Kier alpha value is -3.24. The quantitative estimate of drug-likeness (QED) is 0.167. The van der Waals surface area contributed by atoms with E-state index < -0.39 is 41.5 Å². The summed E-state index contributed by atoms with van der Waals surface area (Å²) in [6, 6.07) is 8.05. The van der Waals surface area contributed by atoms with Crippen LogP contribution in [0, 0.1) is 0 Å². The second-order valence-electron chi connectivity index (χ2n) is 10.9. The first-order chi connectivity index (χ1) is 19.3. The van der Waals surface area contributed by atoms with E-state index in [1.54, 1.807) is 32.9 Å². The molecule has 9 nitrogen and oxygen atoms in total. The van der Waals surface area contributed by atoms with E-state index in [-0.39, 0.29) is 29.5 Å². The average molecular weight is 669 g/mol. The molecule has 0 unspecified atom stereocenters. The van der Waals surface area contributed by atoms with Gasteiger partial charge in [-0.25, -0.2) is 9.59 Å². The third-order valence-electron chi connectivity index (χ3n) is 6.66. The van der Waals surface area contributed by atoms with Crippen molar-refractivity contribution in [1.29, 1.82) is 0 Å². The molecular weight excluding hydrogens is 630 g/mol. The van der Waals surface area contributed by atoms with Crippen molar-refractivity contribution in [3.8, 4) is 17.2 Å². The Balaban J connectivity index is 0.00000616. The van der Waals surface area contributed by atoms with E-state index in [1.807, 2.05) is 24.3 Å². The molecule has 3 atom stereocenters. The molecule has 0 spiro atoms. The molecule has 230 valence electrons. The number of carbonyl (C=O) groups is 3. The summed E-state index contributed by atoms with van der Waals surface area (Å²) < 4.78 is 23.0. The lowest BCUT2D eigenvalue weighted by Crippen LogP contribution is -2.44.